The van der Waals surface area contributed by atoms with Crippen LogP contribution < -0.4 is 0 Å². The van der Waals surface area contributed by atoms with Crippen molar-refractivity contribution in [3.05, 3.63) is 0 Å². The average Bonchev–Trinajstić information content (AvgIpc) is 2.82. The first-order valence-electron chi connectivity index (χ1n) is 9.24. The third kappa shape index (κ3) is 3.57. The van der Waals surface area contributed by atoms with E-state index in [1.54, 1.807) is 6.42 Å². The van der Waals surface area contributed by atoms with E-state index in [0.29, 0.717) is 0 Å². The van der Waals surface area contributed by atoms with E-state index in [0.717, 1.165) is 11.8 Å². The van der Waals surface area contributed by atoms with Crippen LogP contribution in [0.2, 0.25) is 0 Å². The molecule has 0 amide bonds. The van der Waals surface area contributed by atoms with Crippen molar-refractivity contribution < 1.29 is 8.97 Å². The molecule has 2 heteroatoms. The van der Waals surface area contributed by atoms with Gasteiger partial charge in [0.25, 0.3) is 0 Å². The minimum Gasteiger partial charge on any atom is -0.326 e. The van der Waals surface area contributed by atoms with Gasteiger partial charge in [0.15, 0.2) is 0 Å². The zero-order valence-corrected chi connectivity index (χ0v) is 13.9. The normalized spacial score (nSPS) is 39.9. The maximum absolute atomic E-state index is 2.55. The topological polar surface area (TPSA) is 0 Å². The van der Waals surface area contributed by atoms with Crippen molar-refractivity contribution in [1.82, 2.24) is 0 Å². The van der Waals surface area contributed by atoms with Gasteiger partial charge < -0.3 is 8.97 Å². The number of quaternary nitrogens is 2. The fourth-order valence-corrected chi connectivity index (χ4v) is 5.55. The van der Waals surface area contributed by atoms with E-state index in [4.69, 9.17) is 0 Å². The Balaban J connectivity index is 1.41. The van der Waals surface area contributed by atoms with Crippen molar-refractivity contribution in [2.24, 2.45) is 11.8 Å². The Morgan fingerprint density at radius 3 is 1.90 bits per heavy atom. The number of likely N-dealkylation sites (tertiary alicyclic amines) is 2. The van der Waals surface area contributed by atoms with Crippen molar-refractivity contribution in [3.63, 3.8) is 0 Å². The van der Waals surface area contributed by atoms with Gasteiger partial charge in [-0.3, -0.25) is 0 Å². The van der Waals surface area contributed by atoms with Gasteiger partial charge in [0.2, 0.25) is 0 Å². The summed E-state index contributed by atoms with van der Waals surface area (Å²) in [6, 6.07) is 0. The lowest BCUT2D eigenvalue weighted by molar-refractivity contribution is -0.923. The number of piperidine rings is 1. The Morgan fingerprint density at radius 2 is 1.30 bits per heavy atom. The molecular formula is C18H36N2+2. The zero-order chi connectivity index (χ0) is 14.1. The van der Waals surface area contributed by atoms with Crippen LogP contribution in [-0.4, -0.2) is 62.3 Å². The second-order valence-corrected chi connectivity index (χ2v) is 8.81. The van der Waals surface area contributed by atoms with Crippen molar-refractivity contribution >= 4 is 0 Å². The molecule has 2 bridgehead atoms. The summed E-state index contributed by atoms with van der Waals surface area (Å²) >= 11 is 0. The van der Waals surface area contributed by atoms with Crippen LogP contribution in [0.25, 0.3) is 0 Å². The molecule has 20 heavy (non-hydrogen) atoms. The lowest BCUT2D eigenvalue weighted by Gasteiger charge is -2.47. The molecule has 3 rings (SSSR count). The smallest absolute Gasteiger partial charge is 0.0813 e. The molecule has 116 valence electrons. The van der Waals surface area contributed by atoms with E-state index < -0.39 is 0 Å². The van der Waals surface area contributed by atoms with Crippen LogP contribution in [0.4, 0.5) is 0 Å². The Labute approximate surface area is 126 Å². The Morgan fingerprint density at radius 1 is 0.750 bits per heavy atom. The summed E-state index contributed by atoms with van der Waals surface area (Å²) < 4.78 is 2.77. The van der Waals surface area contributed by atoms with Gasteiger partial charge in [-0.25, -0.2) is 0 Å². The quantitative estimate of drug-likeness (QED) is 0.535. The summed E-state index contributed by atoms with van der Waals surface area (Å²) in [4.78, 5) is 0. The number of unbranched alkanes of at least 4 members (excludes halogenated alkanes) is 1. The molecule has 0 radical (unpaired) electrons. The zero-order valence-electron chi connectivity index (χ0n) is 13.9. The van der Waals surface area contributed by atoms with E-state index >= 15 is 0 Å². The number of hydrogen-bond acceptors (Lipinski definition) is 0. The predicted octanol–water partition coefficient (Wildman–Crippen LogP) is 3.27. The summed E-state index contributed by atoms with van der Waals surface area (Å²) in [6.45, 7) is 8.75. The van der Waals surface area contributed by atoms with E-state index in [-0.39, 0.29) is 0 Å². The maximum atomic E-state index is 2.55. The Hall–Kier alpha value is -0.0800. The molecular weight excluding hydrogens is 244 g/mol. The third-order valence-electron chi connectivity index (χ3n) is 6.58. The second-order valence-electron chi connectivity index (χ2n) is 8.81. The molecule has 2 aliphatic heterocycles. The summed E-state index contributed by atoms with van der Waals surface area (Å²) in [6.07, 6.45) is 12.0. The first kappa shape index (κ1) is 14.8. The number of fused-ring (bicyclic) bond motifs is 2. The summed E-state index contributed by atoms with van der Waals surface area (Å²) in [5, 5.41) is 0. The molecule has 2 heterocycles. The lowest BCUT2D eigenvalue weighted by atomic mass is 9.77. The second kappa shape index (κ2) is 5.96. The van der Waals surface area contributed by atoms with Crippen molar-refractivity contribution in [3.8, 4) is 0 Å². The molecule has 2 unspecified atom stereocenters. The van der Waals surface area contributed by atoms with Crippen LogP contribution >= 0.6 is 0 Å². The standard InChI is InChI=1S/C18H36N2/c1-19(10-3-4-11-19)12-5-6-13-20(2)15-17-8-7-9-18(14-17)16-20/h17-18H,3-16H2,1-2H3/q+2. The molecule has 2 saturated heterocycles. The highest BCUT2D eigenvalue weighted by Crippen LogP contribution is 2.37. The highest BCUT2D eigenvalue weighted by Gasteiger charge is 2.38. The molecule has 0 N–H and O–H groups in total. The molecule has 2 nitrogen and oxygen atoms in total. The minimum absolute atomic E-state index is 1.07. The van der Waals surface area contributed by atoms with E-state index in [2.05, 4.69) is 14.1 Å². The third-order valence-corrected chi connectivity index (χ3v) is 6.58. The van der Waals surface area contributed by atoms with E-state index in [9.17, 15) is 0 Å². The SMILES string of the molecule is C[N+]1(CCCC[N+]2(C)CC3CCCC(C3)C2)CCCC1. The van der Waals surface area contributed by atoms with E-state index in [1.165, 1.54) is 93.2 Å². The van der Waals surface area contributed by atoms with Gasteiger partial charge in [-0.05, 0) is 19.3 Å². The number of nitrogens with zero attached hydrogens (tertiary/aromatic N) is 2. The van der Waals surface area contributed by atoms with Crippen LogP contribution in [0, 0.1) is 11.8 Å². The Bertz CT molecular complexity index is 307. The minimum atomic E-state index is 1.07. The van der Waals surface area contributed by atoms with Crippen LogP contribution in [0.5, 0.6) is 0 Å². The highest BCUT2D eigenvalue weighted by molar-refractivity contribution is 4.77. The van der Waals surface area contributed by atoms with Crippen LogP contribution in [-0.2, 0) is 0 Å². The van der Waals surface area contributed by atoms with Gasteiger partial charge in [0, 0.05) is 37.5 Å². The van der Waals surface area contributed by atoms with Crippen molar-refractivity contribution in [1.29, 1.82) is 0 Å². The molecule has 0 aromatic heterocycles. The summed E-state index contributed by atoms with van der Waals surface area (Å²) in [5.74, 6) is 2.13. The molecule has 0 aromatic carbocycles. The van der Waals surface area contributed by atoms with Crippen LogP contribution in [0.15, 0.2) is 0 Å². The number of rotatable bonds is 5. The van der Waals surface area contributed by atoms with Crippen LogP contribution in [0.1, 0.15) is 51.4 Å². The molecule has 3 fully saturated rings. The maximum Gasteiger partial charge on any atom is 0.0813 e. The molecule has 0 spiro atoms. The van der Waals surface area contributed by atoms with Gasteiger partial charge in [0.1, 0.15) is 0 Å². The highest BCUT2D eigenvalue weighted by atomic mass is 15.3. The largest absolute Gasteiger partial charge is 0.326 e. The summed E-state index contributed by atoms with van der Waals surface area (Å²) in [5.41, 5.74) is 0. The Kier molecular flexibility index (Phi) is 4.42. The van der Waals surface area contributed by atoms with Gasteiger partial charge in [-0.15, -0.1) is 0 Å². The molecule has 1 aliphatic carbocycles. The monoisotopic (exact) mass is 280 g/mol. The first-order valence-corrected chi connectivity index (χ1v) is 9.24. The molecule has 2 atom stereocenters. The molecule has 3 aliphatic rings. The van der Waals surface area contributed by atoms with E-state index in [1.807, 2.05) is 0 Å². The fraction of sp³-hybridized carbons (Fsp3) is 1.00. The fourth-order valence-electron chi connectivity index (χ4n) is 5.55. The van der Waals surface area contributed by atoms with Gasteiger partial charge in [0.05, 0.1) is 53.4 Å². The summed E-state index contributed by atoms with van der Waals surface area (Å²) in [7, 11) is 5.03. The van der Waals surface area contributed by atoms with Crippen molar-refractivity contribution in [2.45, 2.75) is 51.4 Å². The molecule has 1 saturated carbocycles. The lowest BCUT2D eigenvalue weighted by Crippen LogP contribution is -2.55. The van der Waals surface area contributed by atoms with Crippen molar-refractivity contribution in [2.75, 3.05) is 53.4 Å². The van der Waals surface area contributed by atoms with Gasteiger partial charge >= 0.3 is 0 Å². The average molecular weight is 280 g/mol. The van der Waals surface area contributed by atoms with Gasteiger partial charge in [-0.2, -0.15) is 0 Å². The first-order chi connectivity index (χ1) is 9.57. The predicted molar refractivity (Wildman–Crippen MR) is 85.5 cm³/mol. The van der Waals surface area contributed by atoms with Crippen LogP contribution in [0.3, 0.4) is 0 Å². The van der Waals surface area contributed by atoms with Gasteiger partial charge in [-0.1, -0.05) is 6.42 Å². The number of hydrogen-bond donors (Lipinski definition) is 0. The molecule has 0 aromatic rings.